The molecule has 0 unspecified atom stereocenters. The number of anilines is 1. The second kappa shape index (κ2) is 8.64. The lowest BCUT2D eigenvalue weighted by Crippen LogP contribution is -2.09. The van der Waals surface area contributed by atoms with Crippen LogP contribution in [-0.4, -0.2) is 39.9 Å². The molecule has 166 valence electrons. The molecule has 4 aromatic rings. The molecular formula is C22H22N4O4S2. The second-order valence-corrected chi connectivity index (χ2v) is 10.2. The topological polar surface area (TPSA) is 106 Å². The summed E-state index contributed by atoms with van der Waals surface area (Å²) in [5.74, 6) is 0.0332. The molecular weight excluding hydrogens is 448 g/mol. The molecule has 3 heterocycles. The molecule has 0 saturated heterocycles. The van der Waals surface area contributed by atoms with Gasteiger partial charge in [0.2, 0.25) is 10.0 Å². The zero-order chi connectivity index (χ0) is 22.9. The summed E-state index contributed by atoms with van der Waals surface area (Å²) in [6, 6.07) is 15.0. The van der Waals surface area contributed by atoms with E-state index in [4.69, 9.17) is 5.11 Å². The van der Waals surface area contributed by atoms with Crippen LogP contribution in [0, 0.1) is 6.92 Å². The molecule has 2 N–H and O–H groups in total. The van der Waals surface area contributed by atoms with E-state index in [1.54, 1.807) is 29.7 Å². The fraction of sp³-hybridized carbons (Fsp3) is 0.182. The van der Waals surface area contributed by atoms with E-state index in [0.717, 1.165) is 39.0 Å². The van der Waals surface area contributed by atoms with E-state index >= 15 is 0 Å². The lowest BCUT2D eigenvalue weighted by atomic mass is 10.2. The first-order chi connectivity index (χ1) is 15.2. The van der Waals surface area contributed by atoms with Crippen molar-refractivity contribution in [2.75, 3.05) is 11.0 Å². The summed E-state index contributed by atoms with van der Waals surface area (Å²) in [6.45, 7) is 1.94. The molecule has 0 fully saturated rings. The van der Waals surface area contributed by atoms with Crippen LogP contribution in [0.15, 0.2) is 60.9 Å². The van der Waals surface area contributed by atoms with Gasteiger partial charge >= 0.3 is 5.97 Å². The first kappa shape index (κ1) is 21.8. The van der Waals surface area contributed by atoms with E-state index in [9.17, 15) is 13.2 Å². The lowest BCUT2D eigenvalue weighted by Gasteiger charge is -2.14. The van der Waals surface area contributed by atoms with Gasteiger partial charge in [-0.3, -0.25) is 14.1 Å². The predicted octanol–water partition coefficient (Wildman–Crippen LogP) is 4.09. The molecule has 10 heteroatoms. The van der Waals surface area contributed by atoms with E-state index in [-0.39, 0.29) is 6.42 Å². The highest BCUT2D eigenvalue weighted by Crippen LogP contribution is 2.34. The average Bonchev–Trinajstić information content (AvgIpc) is 3.44. The van der Waals surface area contributed by atoms with Crippen molar-refractivity contribution in [2.24, 2.45) is 0 Å². The zero-order valence-electron chi connectivity index (χ0n) is 17.5. The Morgan fingerprint density at radius 3 is 2.50 bits per heavy atom. The maximum absolute atomic E-state index is 11.5. The molecule has 0 aliphatic rings. The number of nitrogens with one attached hydrogen (secondary N) is 1. The normalized spacial score (nSPS) is 11.6. The number of carboxylic acid groups (broad SMARTS) is 1. The minimum atomic E-state index is -3.37. The largest absolute Gasteiger partial charge is 0.481 e. The Morgan fingerprint density at radius 2 is 1.88 bits per heavy atom. The fourth-order valence-corrected chi connectivity index (χ4v) is 5.12. The number of hydrogen-bond acceptors (Lipinski definition) is 5. The number of aromatic nitrogens is 3. The highest BCUT2D eigenvalue weighted by molar-refractivity contribution is 7.92. The monoisotopic (exact) mass is 470 g/mol. The van der Waals surface area contributed by atoms with Crippen molar-refractivity contribution in [1.82, 2.24) is 14.1 Å². The molecule has 1 aromatic carbocycles. The Kier molecular flexibility index (Phi) is 5.90. The Balaban J connectivity index is 1.75. The summed E-state index contributed by atoms with van der Waals surface area (Å²) in [5.41, 5.74) is 3.08. The summed E-state index contributed by atoms with van der Waals surface area (Å²) in [6.07, 6.45) is 5.16. The van der Waals surface area contributed by atoms with Crippen LogP contribution in [0.1, 0.15) is 17.9 Å². The summed E-state index contributed by atoms with van der Waals surface area (Å²) in [4.78, 5) is 16.5. The maximum Gasteiger partial charge on any atom is 0.303 e. The molecule has 3 aromatic heterocycles. The number of nitrogens with zero attached hydrogens (tertiary/aromatic N) is 3. The highest BCUT2D eigenvalue weighted by atomic mass is 32.2. The number of carbonyl (C=O) groups is 1. The fourth-order valence-electron chi connectivity index (χ4n) is 3.50. The number of imidazole rings is 1. The molecule has 0 spiro atoms. The van der Waals surface area contributed by atoms with Crippen molar-refractivity contribution < 1.29 is 18.3 Å². The van der Waals surface area contributed by atoms with Crippen LogP contribution in [-0.2, 0) is 21.2 Å². The summed E-state index contributed by atoms with van der Waals surface area (Å²) in [7, 11) is -3.37. The van der Waals surface area contributed by atoms with Gasteiger partial charge in [0.25, 0.3) is 0 Å². The van der Waals surface area contributed by atoms with Crippen molar-refractivity contribution in [1.29, 1.82) is 0 Å². The molecule has 0 saturated carbocycles. The lowest BCUT2D eigenvalue weighted by molar-refractivity contribution is -0.136. The van der Waals surface area contributed by atoms with Crippen LogP contribution >= 0.6 is 11.3 Å². The van der Waals surface area contributed by atoms with Crippen molar-refractivity contribution in [3.05, 3.63) is 72.4 Å². The quantitative estimate of drug-likeness (QED) is 0.403. The number of carboxylic acids is 1. The molecule has 0 bridgehead atoms. The number of sulfonamides is 1. The van der Waals surface area contributed by atoms with E-state index in [0.29, 0.717) is 12.1 Å². The smallest absolute Gasteiger partial charge is 0.303 e. The van der Waals surface area contributed by atoms with Crippen LogP contribution in [0.2, 0.25) is 0 Å². The van der Waals surface area contributed by atoms with E-state index < -0.39 is 16.0 Å². The first-order valence-electron chi connectivity index (χ1n) is 9.82. The highest BCUT2D eigenvalue weighted by Gasteiger charge is 2.16. The summed E-state index contributed by atoms with van der Waals surface area (Å²) >= 11 is 1.61. The molecule has 32 heavy (non-hydrogen) atoms. The third kappa shape index (κ3) is 4.76. The molecule has 0 amide bonds. The molecule has 4 rings (SSSR count). The van der Waals surface area contributed by atoms with Crippen LogP contribution in [0.4, 0.5) is 5.69 Å². The molecule has 0 aliphatic carbocycles. The third-order valence-electron chi connectivity index (χ3n) is 4.89. The van der Waals surface area contributed by atoms with Gasteiger partial charge in [-0.15, -0.1) is 11.3 Å². The standard InChI is InChI=1S/C22H22N4O4S2/c1-15-23-13-14-25(15)21-11-10-20(31-21)19-9-7-18(8-12-22(27)28)26(19)17-5-3-16(4-6-17)24-32(2,29)30/h3-7,9-11,13-14,24H,8,12H2,1-2H3,(H,27,28). The van der Waals surface area contributed by atoms with Gasteiger partial charge in [0.1, 0.15) is 10.8 Å². The second-order valence-electron chi connectivity index (χ2n) is 7.34. The molecule has 0 radical (unpaired) electrons. The van der Waals surface area contributed by atoms with E-state index in [1.807, 2.05) is 58.7 Å². The van der Waals surface area contributed by atoms with Gasteiger partial charge in [-0.2, -0.15) is 0 Å². The average molecular weight is 471 g/mol. The number of hydrogen-bond donors (Lipinski definition) is 2. The first-order valence-corrected chi connectivity index (χ1v) is 12.5. The minimum Gasteiger partial charge on any atom is -0.481 e. The van der Waals surface area contributed by atoms with Crippen LogP contribution in [0.5, 0.6) is 0 Å². The number of aryl methyl sites for hydroxylation is 2. The van der Waals surface area contributed by atoms with E-state index in [1.165, 1.54) is 0 Å². The van der Waals surface area contributed by atoms with Crippen molar-refractivity contribution >= 4 is 33.0 Å². The Hall–Kier alpha value is -3.37. The van der Waals surface area contributed by atoms with Gasteiger partial charge in [0.05, 0.1) is 23.2 Å². The van der Waals surface area contributed by atoms with Gasteiger partial charge in [-0.1, -0.05) is 0 Å². The zero-order valence-corrected chi connectivity index (χ0v) is 19.2. The van der Waals surface area contributed by atoms with E-state index in [2.05, 4.69) is 9.71 Å². The van der Waals surface area contributed by atoms with Gasteiger partial charge in [0.15, 0.2) is 0 Å². The van der Waals surface area contributed by atoms with Gasteiger partial charge < -0.3 is 9.67 Å². The number of benzene rings is 1. The Morgan fingerprint density at radius 1 is 1.12 bits per heavy atom. The number of aliphatic carboxylic acids is 1. The predicted molar refractivity (Wildman–Crippen MR) is 125 cm³/mol. The van der Waals surface area contributed by atoms with Gasteiger partial charge in [-0.25, -0.2) is 13.4 Å². The Labute approximate surface area is 189 Å². The van der Waals surface area contributed by atoms with Crippen molar-refractivity contribution in [3.8, 4) is 21.3 Å². The third-order valence-corrected chi connectivity index (χ3v) is 6.61. The van der Waals surface area contributed by atoms with Crippen LogP contribution in [0.25, 0.3) is 21.3 Å². The van der Waals surface area contributed by atoms with Crippen LogP contribution < -0.4 is 4.72 Å². The molecule has 0 aliphatic heterocycles. The van der Waals surface area contributed by atoms with Crippen molar-refractivity contribution in [2.45, 2.75) is 19.8 Å². The molecule has 8 nitrogen and oxygen atoms in total. The maximum atomic E-state index is 11.5. The van der Waals surface area contributed by atoms with Gasteiger partial charge in [-0.05, 0) is 61.9 Å². The number of rotatable bonds is 8. The minimum absolute atomic E-state index is 0.0150. The van der Waals surface area contributed by atoms with Gasteiger partial charge in [0, 0.05) is 29.5 Å². The van der Waals surface area contributed by atoms with Crippen LogP contribution in [0.3, 0.4) is 0 Å². The SMILES string of the molecule is Cc1nccn1-c1ccc(-c2ccc(CCC(=O)O)n2-c2ccc(NS(C)(=O)=O)cc2)s1. The van der Waals surface area contributed by atoms with Crippen molar-refractivity contribution in [3.63, 3.8) is 0 Å². The Bertz CT molecular complexity index is 1370. The summed E-state index contributed by atoms with van der Waals surface area (Å²) < 4.78 is 29.5. The summed E-state index contributed by atoms with van der Waals surface area (Å²) in [5, 5.41) is 10.2. The number of thiophene rings is 1. The molecule has 0 atom stereocenters.